The van der Waals surface area contributed by atoms with Crippen LogP contribution in [-0.2, 0) is 24.2 Å². The molecule has 1 saturated heterocycles. The third kappa shape index (κ3) is 7.25. The number of carbonyl (C=O) groups is 1. The summed E-state index contributed by atoms with van der Waals surface area (Å²) in [6.07, 6.45) is 4.19. The van der Waals surface area contributed by atoms with Crippen molar-refractivity contribution in [3.05, 3.63) is 93.9 Å². The number of hydrogen-bond acceptors (Lipinski definition) is 4. The summed E-state index contributed by atoms with van der Waals surface area (Å²) in [4.78, 5) is 23.7. The van der Waals surface area contributed by atoms with E-state index in [9.17, 15) is 9.90 Å². The zero-order chi connectivity index (χ0) is 28.0. The average Bonchev–Trinajstić information content (AvgIpc) is 3.42. The predicted octanol–water partition coefficient (Wildman–Crippen LogP) is 6.93. The fraction of sp³-hybridized carbons (Fsp3) is 0.406. The standard InChI is InChI=1S/C32H38ClN3O3/c1-22(2)18-27-12-11-26(19-29(27)33)23(3)35-30(34-4)25-9-7-24(8-10-25)21-36-15-13-32(14-16-36,31(37)38)20-28-6-5-17-39-28/h5-12,17,19,22H,13-16,18,20-21H2,1-4H3,(H,37,38). The summed E-state index contributed by atoms with van der Waals surface area (Å²) < 4.78 is 5.44. The Bertz CT molecular complexity index is 1320. The number of likely N-dealkylation sites (tertiary alicyclic amines) is 1. The number of aliphatic imine (C=N–C) groups is 2. The van der Waals surface area contributed by atoms with E-state index < -0.39 is 11.4 Å². The largest absolute Gasteiger partial charge is 0.481 e. The fourth-order valence-corrected chi connectivity index (χ4v) is 5.47. The molecule has 1 fully saturated rings. The molecule has 0 aliphatic carbocycles. The lowest BCUT2D eigenvalue weighted by molar-refractivity contribution is -0.152. The Morgan fingerprint density at radius 2 is 1.79 bits per heavy atom. The molecule has 4 rings (SSSR count). The second-order valence-corrected chi connectivity index (χ2v) is 11.4. The number of piperidine rings is 1. The summed E-state index contributed by atoms with van der Waals surface area (Å²) in [6, 6.07) is 18.1. The van der Waals surface area contributed by atoms with Crippen LogP contribution < -0.4 is 0 Å². The molecule has 2 aromatic carbocycles. The molecule has 39 heavy (non-hydrogen) atoms. The number of nitrogens with zero attached hydrogens (tertiary/aromatic N) is 3. The molecule has 3 aromatic rings. The van der Waals surface area contributed by atoms with Gasteiger partial charge in [-0.15, -0.1) is 0 Å². The lowest BCUT2D eigenvalue weighted by Crippen LogP contribution is -2.45. The molecule has 6 nitrogen and oxygen atoms in total. The van der Waals surface area contributed by atoms with E-state index in [1.807, 2.05) is 25.1 Å². The van der Waals surface area contributed by atoms with Crippen molar-refractivity contribution in [2.45, 2.75) is 53.0 Å². The first kappa shape index (κ1) is 28.8. The third-order valence-corrected chi connectivity index (χ3v) is 7.91. The lowest BCUT2D eigenvalue weighted by Gasteiger charge is -2.38. The Morgan fingerprint density at radius 1 is 1.10 bits per heavy atom. The van der Waals surface area contributed by atoms with Crippen LogP contribution in [0.4, 0.5) is 0 Å². The number of furan rings is 1. The van der Waals surface area contributed by atoms with Crippen LogP contribution in [0.5, 0.6) is 0 Å². The molecule has 1 aromatic heterocycles. The van der Waals surface area contributed by atoms with Crippen molar-refractivity contribution in [1.82, 2.24) is 4.90 Å². The van der Waals surface area contributed by atoms with Crippen molar-refractivity contribution in [2.75, 3.05) is 20.1 Å². The van der Waals surface area contributed by atoms with Crippen LogP contribution >= 0.6 is 11.6 Å². The number of carboxylic acid groups (broad SMARTS) is 1. The summed E-state index contributed by atoms with van der Waals surface area (Å²) >= 11 is 6.54. The smallest absolute Gasteiger partial charge is 0.310 e. The maximum atomic E-state index is 12.1. The third-order valence-electron chi connectivity index (χ3n) is 7.56. The Morgan fingerprint density at radius 3 is 2.36 bits per heavy atom. The van der Waals surface area contributed by atoms with E-state index in [1.54, 1.807) is 13.3 Å². The molecule has 2 heterocycles. The number of carboxylic acids is 1. The lowest BCUT2D eigenvalue weighted by atomic mass is 9.75. The Labute approximate surface area is 236 Å². The predicted molar refractivity (Wildman–Crippen MR) is 158 cm³/mol. The van der Waals surface area contributed by atoms with Crippen LogP contribution in [0.2, 0.25) is 5.02 Å². The van der Waals surface area contributed by atoms with E-state index in [-0.39, 0.29) is 0 Å². The zero-order valence-corrected chi connectivity index (χ0v) is 24.0. The van der Waals surface area contributed by atoms with Crippen molar-refractivity contribution in [1.29, 1.82) is 0 Å². The maximum absolute atomic E-state index is 12.1. The van der Waals surface area contributed by atoms with Gasteiger partial charge >= 0.3 is 5.97 Å². The molecule has 0 saturated carbocycles. The van der Waals surface area contributed by atoms with Crippen LogP contribution in [0.25, 0.3) is 0 Å². The average molecular weight is 548 g/mol. The number of hydrogen-bond donors (Lipinski definition) is 1. The number of rotatable bonds is 9. The Hall–Kier alpha value is -3.22. The van der Waals surface area contributed by atoms with Gasteiger partial charge in [0.25, 0.3) is 0 Å². The molecule has 1 aliphatic heterocycles. The van der Waals surface area contributed by atoms with E-state index in [1.165, 1.54) is 5.56 Å². The van der Waals surface area contributed by atoms with Gasteiger partial charge in [-0.2, -0.15) is 0 Å². The minimum atomic E-state index is -0.764. The SMILES string of the molecule is CN=C(N=C(C)c1ccc(CC(C)C)c(Cl)c1)c1ccc(CN2CCC(Cc3ccco3)(C(=O)O)CC2)cc1. The highest BCUT2D eigenvalue weighted by Gasteiger charge is 2.42. The Balaban J connectivity index is 1.38. The maximum Gasteiger partial charge on any atom is 0.310 e. The first-order valence-electron chi connectivity index (χ1n) is 13.6. The highest BCUT2D eigenvalue weighted by Crippen LogP contribution is 2.36. The van der Waals surface area contributed by atoms with Gasteiger partial charge in [-0.3, -0.25) is 14.7 Å². The van der Waals surface area contributed by atoms with Gasteiger partial charge in [0.05, 0.1) is 11.7 Å². The highest BCUT2D eigenvalue weighted by atomic mass is 35.5. The normalized spacial score (nSPS) is 16.6. The van der Waals surface area contributed by atoms with E-state index in [0.717, 1.165) is 59.2 Å². The minimum Gasteiger partial charge on any atom is -0.481 e. The summed E-state index contributed by atoms with van der Waals surface area (Å²) in [6.45, 7) is 8.60. The first-order chi connectivity index (χ1) is 18.7. The molecular formula is C32H38ClN3O3. The molecule has 0 radical (unpaired) electrons. The number of halogens is 1. The van der Waals surface area contributed by atoms with Crippen molar-refractivity contribution in [3.63, 3.8) is 0 Å². The summed E-state index contributed by atoms with van der Waals surface area (Å²) in [5.74, 6) is 1.21. The zero-order valence-electron chi connectivity index (χ0n) is 23.3. The van der Waals surface area contributed by atoms with Crippen molar-refractivity contribution >= 4 is 29.1 Å². The molecule has 206 valence electrons. The van der Waals surface area contributed by atoms with Gasteiger partial charge in [0.15, 0.2) is 5.84 Å². The van der Waals surface area contributed by atoms with Crippen LogP contribution in [0.1, 0.15) is 61.6 Å². The molecule has 0 atom stereocenters. The van der Waals surface area contributed by atoms with Gasteiger partial charge < -0.3 is 9.52 Å². The minimum absolute atomic E-state index is 0.436. The second-order valence-electron chi connectivity index (χ2n) is 11.0. The van der Waals surface area contributed by atoms with Crippen LogP contribution in [-0.4, -0.2) is 47.7 Å². The van der Waals surface area contributed by atoms with Crippen LogP contribution in [0.3, 0.4) is 0 Å². The van der Waals surface area contributed by atoms with E-state index in [0.29, 0.717) is 31.0 Å². The summed E-state index contributed by atoms with van der Waals surface area (Å²) in [7, 11) is 1.75. The fourth-order valence-electron chi connectivity index (χ4n) is 5.21. The highest BCUT2D eigenvalue weighted by molar-refractivity contribution is 6.31. The molecule has 7 heteroatoms. The van der Waals surface area contributed by atoms with Crippen LogP contribution in [0.15, 0.2) is 75.3 Å². The summed E-state index contributed by atoms with van der Waals surface area (Å²) in [5, 5.41) is 10.7. The van der Waals surface area contributed by atoms with Gasteiger partial charge in [-0.1, -0.05) is 61.8 Å². The number of benzene rings is 2. The molecule has 0 amide bonds. The molecule has 0 bridgehead atoms. The van der Waals surface area contributed by atoms with E-state index in [4.69, 9.17) is 21.0 Å². The van der Waals surface area contributed by atoms with E-state index >= 15 is 0 Å². The van der Waals surface area contributed by atoms with Gasteiger partial charge in [0.2, 0.25) is 0 Å². The van der Waals surface area contributed by atoms with Gasteiger partial charge in [0.1, 0.15) is 5.76 Å². The van der Waals surface area contributed by atoms with E-state index in [2.05, 4.69) is 60.1 Å². The van der Waals surface area contributed by atoms with Crippen molar-refractivity contribution < 1.29 is 14.3 Å². The topological polar surface area (TPSA) is 78.4 Å². The van der Waals surface area contributed by atoms with Gasteiger partial charge in [0, 0.05) is 36.3 Å². The Kier molecular flexibility index (Phi) is 9.41. The van der Waals surface area contributed by atoms with Gasteiger partial charge in [-0.25, -0.2) is 4.99 Å². The quantitative estimate of drug-likeness (QED) is 0.233. The molecule has 1 aliphatic rings. The molecular weight excluding hydrogens is 510 g/mol. The summed E-state index contributed by atoms with van der Waals surface area (Å²) in [5.41, 5.74) is 4.37. The molecule has 1 N–H and O–H groups in total. The molecule has 0 unspecified atom stereocenters. The molecule has 0 spiro atoms. The van der Waals surface area contributed by atoms with Gasteiger partial charge in [-0.05, 0) is 80.1 Å². The monoisotopic (exact) mass is 547 g/mol. The van der Waals surface area contributed by atoms with Crippen LogP contribution in [0, 0.1) is 11.3 Å². The van der Waals surface area contributed by atoms with Crippen molar-refractivity contribution in [2.24, 2.45) is 21.3 Å². The number of aliphatic carboxylic acids is 1. The van der Waals surface area contributed by atoms with Crippen molar-refractivity contribution in [3.8, 4) is 0 Å². The first-order valence-corrected chi connectivity index (χ1v) is 14.0. The number of amidine groups is 1. The second kappa shape index (κ2) is 12.8.